The molecule has 2 aromatic rings. The zero-order valence-electron chi connectivity index (χ0n) is 11.5. The van der Waals surface area contributed by atoms with Crippen LogP contribution in [0.3, 0.4) is 0 Å². The first kappa shape index (κ1) is 13.1. The molecule has 19 heavy (non-hydrogen) atoms. The van der Waals surface area contributed by atoms with Gasteiger partial charge >= 0.3 is 0 Å². The summed E-state index contributed by atoms with van der Waals surface area (Å²) in [6.07, 6.45) is 4.59. The minimum Gasteiger partial charge on any atom is -0.301 e. The van der Waals surface area contributed by atoms with E-state index in [4.69, 9.17) is 5.10 Å². The molecule has 0 atom stereocenters. The molecule has 102 valence electrons. The SMILES string of the molecule is CC(C)N1CCC(n2cc3cc(Br)ccc3n2)CC1. The minimum absolute atomic E-state index is 0.557. The van der Waals surface area contributed by atoms with Crippen LogP contribution in [0, 0.1) is 0 Å². The third-order valence-corrected chi connectivity index (χ3v) is 4.58. The Labute approximate surface area is 122 Å². The van der Waals surface area contributed by atoms with Crippen LogP contribution in [-0.2, 0) is 0 Å². The van der Waals surface area contributed by atoms with Gasteiger partial charge in [-0.3, -0.25) is 4.68 Å². The number of nitrogens with zero attached hydrogens (tertiary/aromatic N) is 3. The second-order valence-corrected chi connectivity index (χ2v) is 6.59. The molecule has 1 aromatic carbocycles. The average Bonchev–Trinajstić information content (AvgIpc) is 2.81. The maximum Gasteiger partial charge on any atom is 0.0924 e. The van der Waals surface area contributed by atoms with Gasteiger partial charge in [0.1, 0.15) is 0 Å². The number of fused-ring (bicyclic) bond motifs is 1. The highest BCUT2D eigenvalue weighted by Gasteiger charge is 2.22. The lowest BCUT2D eigenvalue weighted by Crippen LogP contribution is -2.39. The van der Waals surface area contributed by atoms with E-state index in [0.29, 0.717) is 12.1 Å². The van der Waals surface area contributed by atoms with Gasteiger partial charge in [-0.25, -0.2) is 0 Å². The van der Waals surface area contributed by atoms with Crippen molar-refractivity contribution in [2.24, 2.45) is 0 Å². The number of likely N-dealkylation sites (tertiary alicyclic amines) is 1. The normalized spacial score (nSPS) is 18.5. The number of hydrogen-bond acceptors (Lipinski definition) is 2. The van der Waals surface area contributed by atoms with E-state index >= 15 is 0 Å². The van der Waals surface area contributed by atoms with Gasteiger partial charge in [-0.15, -0.1) is 0 Å². The predicted octanol–water partition coefficient (Wildman–Crippen LogP) is 3.84. The smallest absolute Gasteiger partial charge is 0.0924 e. The maximum atomic E-state index is 4.72. The van der Waals surface area contributed by atoms with E-state index < -0.39 is 0 Å². The lowest BCUT2D eigenvalue weighted by atomic mass is 10.0. The Morgan fingerprint density at radius 3 is 2.68 bits per heavy atom. The molecule has 2 heterocycles. The van der Waals surface area contributed by atoms with E-state index in [1.807, 2.05) is 0 Å². The lowest BCUT2D eigenvalue weighted by Gasteiger charge is -2.34. The highest BCUT2D eigenvalue weighted by molar-refractivity contribution is 9.10. The fourth-order valence-electron chi connectivity index (χ4n) is 2.87. The monoisotopic (exact) mass is 321 g/mol. The van der Waals surface area contributed by atoms with Gasteiger partial charge in [0, 0.05) is 35.2 Å². The highest BCUT2D eigenvalue weighted by atomic mass is 79.9. The summed E-state index contributed by atoms with van der Waals surface area (Å²) in [5.41, 5.74) is 1.09. The van der Waals surface area contributed by atoms with Crippen molar-refractivity contribution >= 4 is 26.8 Å². The van der Waals surface area contributed by atoms with Crippen molar-refractivity contribution < 1.29 is 0 Å². The van der Waals surface area contributed by atoms with Crippen molar-refractivity contribution in [3.05, 3.63) is 28.9 Å². The van der Waals surface area contributed by atoms with Crippen molar-refractivity contribution in [3.63, 3.8) is 0 Å². The van der Waals surface area contributed by atoms with E-state index in [0.717, 1.165) is 9.99 Å². The zero-order valence-corrected chi connectivity index (χ0v) is 13.1. The molecule has 0 radical (unpaired) electrons. The van der Waals surface area contributed by atoms with Gasteiger partial charge in [-0.1, -0.05) is 15.9 Å². The van der Waals surface area contributed by atoms with Crippen LogP contribution >= 0.6 is 15.9 Å². The summed E-state index contributed by atoms with van der Waals surface area (Å²) in [5, 5.41) is 5.95. The van der Waals surface area contributed by atoms with Crippen molar-refractivity contribution in [2.75, 3.05) is 13.1 Å². The number of aromatic nitrogens is 2. The molecule has 0 spiro atoms. The van der Waals surface area contributed by atoms with Crippen LogP contribution in [-0.4, -0.2) is 33.8 Å². The third kappa shape index (κ3) is 2.70. The Morgan fingerprint density at radius 2 is 2.00 bits per heavy atom. The average molecular weight is 322 g/mol. The first-order chi connectivity index (χ1) is 9.13. The summed E-state index contributed by atoms with van der Waals surface area (Å²) in [6, 6.07) is 7.50. The lowest BCUT2D eigenvalue weighted by molar-refractivity contribution is 0.147. The Bertz CT molecular complexity index is 568. The van der Waals surface area contributed by atoms with Gasteiger partial charge in [0.25, 0.3) is 0 Å². The molecule has 3 rings (SSSR count). The molecule has 1 aliphatic rings. The molecule has 0 amide bonds. The molecule has 1 aromatic heterocycles. The zero-order chi connectivity index (χ0) is 13.4. The van der Waals surface area contributed by atoms with Crippen LogP contribution in [0.5, 0.6) is 0 Å². The number of hydrogen-bond donors (Lipinski definition) is 0. The fourth-order valence-corrected chi connectivity index (χ4v) is 3.25. The van der Waals surface area contributed by atoms with E-state index in [9.17, 15) is 0 Å². The summed E-state index contributed by atoms with van der Waals surface area (Å²) in [7, 11) is 0. The Hall–Kier alpha value is -0.870. The third-order valence-electron chi connectivity index (χ3n) is 4.09. The van der Waals surface area contributed by atoms with E-state index in [-0.39, 0.29) is 0 Å². The first-order valence-electron chi connectivity index (χ1n) is 7.02. The number of halogens is 1. The summed E-state index contributed by atoms with van der Waals surface area (Å²) in [4.78, 5) is 2.55. The summed E-state index contributed by atoms with van der Waals surface area (Å²) in [5.74, 6) is 0. The quantitative estimate of drug-likeness (QED) is 0.837. The van der Waals surface area contributed by atoms with Gasteiger partial charge < -0.3 is 4.90 Å². The fraction of sp³-hybridized carbons (Fsp3) is 0.533. The highest BCUT2D eigenvalue weighted by Crippen LogP contribution is 2.26. The Kier molecular flexibility index (Phi) is 3.63. The van der Waals surface area contributed by atoms with Gasteiger partial charge in [0.15, 0.2) is 0 Å². The van der Waals surface area contributed by atoms with Crippen molar-refractivity contribution in [2.45, 2.75) is 38.8 Å². The second kappa shape index (κ2) is 5.25. The molecular formula is C15H20BrN3. The Balaban J connectivity index is 1.78. The van der Waals surface area contributed by atoms with Crippen molar-refractivity contribution in [1.82, 2.24) is 14.7 Å². The summed E-state index contributed by atoms with van der Waals surface area (Å²) >= 11 is 3.52. The van der Waals surface area contributed by atoms with Crippen LogP contribution in [0.4, 0.5) is 0 Å². The van der Waals surface area contributed by atoms with Crippen LogP contribution in [0.1, 0.15) is 32.7 Å². The van der Waals surface area contributed by atoms with Crippen LogP contribution in [0.15, 0.2) is 28.9 Å². The standard InChI is InChI=1S/C15H20BrN3/c1-11(2)18-7-5-14(6-8-18)19-10-12-9-13(16)3-4-15(12)17-19/h3-4,9-11,14H,5-8H2,1-2H3. The van der Waals surface area contributed by atoms with Crippen LogP contribution < -0.4 is 0 Å². The molecular weight excluding hydrogens is 302 g/mol. The molecule has 1 saturated heterocycles. The second-order valence-electron chi connectivity index (χ2n) is 5.67. The van der Waals surface area contributed by atoms with Crippen molar-refractivity contribution in [1.29, 1.82) is 0 Å². The van der Waals surface area contributed by atoms with Crippen LogP contribution in [0.25, 0.3) is 10.9 Å². The topological polar surface area (TPSA) is 21.1 Å². The van der Waals surface area contributed by atoms with Crippen molar-refractivity contribution in [3.8, 4) is 0 Å². The van der Waals surface area contributed by atoms with Crippen LogP contribution in [0.2, 0.25) is 0 Å². The largest absolute Gasteiger partial charge is 0.301 e. The van der Waals surface area contributed by atoms with Gasteiger partial charge in [0.05, 0.1) is 11.6 Å². The molecule has 0 unspecified atom stereocenters. The molecule has 0 saturated carbocycles. The number of rotatable bonds is 2. The molecule has 4 heteroatoms. The van der Waals surface area contributed by atoms with Gasteiger partial charge in [-0.2, -0.15) is 5.10 Å². The maximum absolute atomic E-state index is 4.72. The molecule has 0 N–H and O–H groups in total. The molecule has 1 fully saturated rings. The predicted molar refractivity (Wildman–Crippen MR) is 82.4 cm³/mol. The van der Waals surface area contributed by atoms with Gasteiger partial charge in [0.2, 0.25) is 0 Å². The van der Waals surface area contributed by atoms with E-state index in [1.54, 1.807) is 0 Å². The molecule has 0 bridgehead atoms. The number of piperidine rings is 1. The summed E-state index contributed by atoms with van der Waals surface area (Å²) in [6.45, 7) is 6.92. The molecule has 1 aliphatic heterocycles. The van der Waals surface area contributed by atoms with E-state index in [2.05, 4.69) is 63.8 Å². The minimum atomic E-state index is 0.557. The first-order valence-corrected chi connectivity index (χ1v) is 7.81. The molecule has 3 nitrogen and oxygen atoms in total. The van der Waals surface area contributed by atoms with Gasteiger partial charge in [-0.05, 0) is 44.9 Å². The summed E-state index contributed by atoms with van der Waals surface area (Å²) < 4.78 is 3.29. The number of benzene rings is 1. The Morgan fingerprint density at radius 1 is 1.26 bits per heavy atom. The molecule has 0 aliphatic carbocycles. The van der Waals surface area contributed by atoms with E-state index in [1.165, 1.54) is 31.3 Å².